The second-order valence-electron chi connectivity index (χ2n) is 3.58. The van der Waals surface area contributed by atoms with Crippen molar-refractivity contribution < 1.29 is 9.53 Å². The van der Waals surface area contributed by atoms with Gasteiger partial charge in [0.1, 0.15) is 0 Å². The van der Waals surface area contributed by atoms with Gasteiger partial charge in [0, 0.05) is 19.8 Å². The smallest absolute Gasteiger partial charge is 0.427 e. The van der Waals surface area contributed by atoms with Crippen molar-refractivity contribution in [3.8, 4) is 0 Å². The highest BCUT2D eigenvalue weighted by Gasteiger charge is 1.96. The zero-order valence-corrected chi connectivity index (χ0v) is 10.3. The minimum Gasteiger partial charge on any atom is -0.449 e. The van der Waals surface area contributed by atoms with E-state index in [-0.39, 0.29) is 0 Å². The average molecular weight is 235 g/mol. The summed E-state index contributed by atoms with van der Waals surface area (Å²) in [7, 11) is 3.96. The fourth-order valence-corrected chi connectivity index (χ4v) is 1.18. The summed E-state index contributed by atoms with van der Waals surface area (Å²) in [5.74, 6) is 0. The van der Waals surface area contributed by atoms with E-state index in [4.69, 9.17) is 0 Å². The molecule has 0 unspecified atom stereocenters. The highest BCUT2D eigenvalue weighted by molar-refractivity contribution is 5.81. The molecule has 0 aliphatic carbocycles. The Balaban J connectivity index is 2.51. The normalized spacial score (nSPS) is 10.3. The Hall–Kier alpha value is -2.04. The Morgan fingerprint density at radius 3 is 2.59 bits per heavy atom. The first-order valence-corrected chi connectivity index (χ1v) is 5.36. The summed E-state index contributed by atoms with van der Waals surface area (Å²) >= 11 is 0. The molecule has 0 radical (unpaired) electrons. The summed E-state index contributed by atoms with van der Waals surface area (Å²) in [6.07, 6.45) is 1.02. The van der Waals surface area contributed by atoms with Crippen LogP contribution in [0.5, 0.6) is 0 Å². The lowest BCUT2D eigenvalue weighted by Gasteiger charge is -2.11. The van der Waals surface area contributed by atoms with Gasteiger partial charge in [0.2, 0.25) is 0 Å². The molecule has 1 aromatic rings. The molecule has 1 aromatic carbocycles. The first-order valence-electron chi connectivity index (χ1n) is 5.36. The van der Waals surface area contributed by atoms with Crippen LogP contribution in [0.3, 0.4) is 0 Å². The average Bonchev–Trinajstić information content (AvgIpc) is 2.30. The zero-order valence-electron chi connectivity index (χ0n) is 10.3. The van der Waals surface area contributed by atoms with Crippen molar-refractivity contribution in [2.45, 2.75) is 6.92 Å². The number of hydrazone groups is 1. The predicted octanol–water partition coefficient (Wildman–Crippen LogP) is 1.83. The first-order chi connectivity index (χ1) is 8.13. The minimum atomic E-state index is -0.548. The summed E-state index contributed by atoms with van der Waals surface area (Å²) in [4.78, 5) is 12.9. The van der Waals surface area contributed by atoms with Crippen LogP contribution in [0.1, 0.15) is 12.5 Å². The van der Waals surface area contributed by atoms with Gasteiger partial charge in [-0.3, -0.25) is 0 Å². The van der Waals surface area contributed by atoms with E-state index in [2.05, 4.69) is 15.3 Å². The Morgan fingerprint density at radius 2 is 2.06 bits per heavy atom. The fraction of sp³-hybridized carbons (Fsp3) is 0.333. The van der Waals surface area contributed by atoms with Gasteiger partial charge in [0.05, 0.1) is 12.8 Å². The third-order valence-electron chi connectivity index (χ3n) is 2.05. The Morgan fingerprint density at radius 1 is 1.41 bits per heavy atom. The van der Waals surface area contributed by atoms with Crippen molar-refractivity contribution in [3.05, 3.63) is 29.8 Å². The van der Waals surface area contributed by atoms with Gasteiger partial charge >= 0.3 is 6.09 Å². The second kappa shape index (κ2) is 6.52. The molecule has 17 heavy (non-hydrogen) atoms. The van der Waals surface area contributed by atoms with Crippen LogP contribution in [-0.2, 0) is 4.74 Å². The molecule has 0 aliphatic heterocycles. The number of ether oxygens (including phenoxy) is 1. The van der Waals surface area contributed by atoms with E-state index < -0.39 is 6.09 Å². The quantitative estimate of drug-likeness (QED) is 0.640. The molecule has 5 nitrogen and oxygen atoms in total. The summed E-state index contributed by atoms with van der Waals surface area (Å²) in [5, 5.41) is 3.77. The van der Waals surface area contributed by atoms with Gasteiger partial charge in [-0.2, -0.15) is 5.10 Å². The lowest BCUT2D eigenvalue weighted by molar-refractivity contribution is 0.152. The van der Waals surface area contributed by atoms with Gasteiger partial charge in [-0.25, -0.2) is 10.2 Å². The topological polar surface area (TPSA) is 53.9 Å². The molecule has 1 amide bonds. The molecule has 0 fully saturated rings. The van der Waals surface area contributed by atoms with E-state index in [9.17, 15) is 4.79 Å². The van der Waals surface area contributed by atoms with Crippen molar-refractivity contribution in [3.63, 3.8) is 0 Å². The van der Waals surface area contributed by atoms with Crippen molar-refractivity contribution in [2.24, 2.45) is 5.10 Å². The predicted molar refractivity (Wildman–Crippen MR) is 68.5 cm³/mol. The number of carbonyl (C=O) groups excluding carboxylic acids is 1. The standard InChI is InChI=1S/C12H17N3O2/c1-4-17-12(16)14-13-9-10-5-7-11(8-6-10)15(2)3/h5-9H,4H2,1-3H3,(H,14,16). The fourth-order valence-electron chi connectivity index (χ4n) is 1.18. The molecule has 0 atom stereocenters. The highest BCUT2D eigenvalue weighted by atomic mass is 16.5. The van der Waals surface area contributed by atoms with Crippen LogP contribution < -0.4 is 10.3 Å². The van der Waals surface area contributed by atoms with Crippen LogP contribution in [0.2, 0.25) is 0 Å². The van der Waals surface area contributed by atoms with Crippen molar-refractivity contribution in [2.75, 3.05) is 25.6 Å². The highest BCUT2D eigenvalue weighted by Crippen LogP contribution is 2.10. The monoisotopic (exact) mass is 235 g/mol. The lowest BCUT2D eigenvalue weighted by atomic mass is 10.2. The Bertz CT molecular complexity index is 385. The molecule has 0 spiro atoms. The van der Waals surface area contributed by atoms with Gasteiger partial charge in [-0.1, -0.05) is 12.1 Å². The summed E-state index contributed by atoms with van der Waals surface area (Å²) in [6, 6.07) is 7.80. The maximum absolute atomic E-state index is 10.9. The van der Waals surface area contributed by atoms with Gasteiger partial charge in [0.25, 0.3) is 0 Å². The maximum Gasteiger partial charge on any atom is 0.427 e. The molecule has 5 heteroatoms. The number of hydrogen-bond acceptors (Lipinski definition) is 4. The van der Waals surface area contributed by atoms with E-state index >= 15 is 0 Å². The van der Waals surface area contributed by atoms with E-state index in [1.54, 1.807) is 13.1 Å². The SMILES string of the molecule is CCOC(=O)NN=Cc1ccc(N(C)C)cc1. The van der Waals surface area contributed by atoms with Gasteiger partial charge in [-0.15, -0.1) is 0 Å². The van der Waals surface area contributed by atoms with Crippen molar-refractivity contribution >= 4 is 18.0 Å². The Kier molecular flexibility index (Phi) is 5.00. The largest absolute Gasteiger partial charge is 0.449 e. The van der Waals surface area contributed by atoms with Crippen LogP contribution >= 0.6 is 0 Å². The molecular formula is C12H17N3O2. The minimum absolute atomic E-state index is 0.332. The zero-order chi connectivity index (χ0) is 12.7. The molecule has 0 bridgehead atoms. The van der Waals surface area contributed by atoms with E-state index in [0.717, 1.165) is 11.3 Å². The molecule has 0 saturated carbocycles. The van der Waals surface area contributed by atoms with Crippen LogP contribution in [0, 0.1) is 0 Å². The number of rotatable bonds is 4. The van der Waals surface area contributed by atoms with Crippen LogP contribution in [0.15, 0.2) is 29.4 Å². The number of benzene rings is 1. The van der Waals surface area contributed by atoms with E-state index in [1.807, 2.05) is 43.3 Å². The molecule has 1 N–H and O–H groups in total. The maximum atomic E-state index is 10.9. The first kappa shape index (κ1) is 13.0. The van der Waals surface area contributed by atoms with Crippen molar-refractivity contribution in [1.29, 1.82) is 0 Å². The Labute approximate surface area is 101 Å². The van der Waals surface area contributed by atoms with Gasteiger partial charge < -0.3 is 9.64 Å². The summed E-state index contributed by atoms with van der Waals surface area (Å²) < 4.78 is 4.66. The second-order valence-corrected chi connectivity index (χ2v) is 3.58. The molecular weight excluding hydrogens is 218 g/mol. The van der Waals surface area contributed by atoms with Crippen molar-refractivity contribution in [1.82, 2.24) is 5.43 Å². The molecule has 92 valence electrons. The number of anilines is 1. The van der Waals surface area contributed by atoms with E-state index in [1.165, 1.54) is 0 Å². The summed E-state index contributed by atoms with van der Waals surface area (Å²) in [6.45, 7) is 2.07. The van der Waals surface area contributed by atoms with Crippen LogP contribution in [-0.4, -0.2) is 33.0 Å². The lowest BCUT2D eigenvalue weighted by Crippen LogP contribution is -2.18. The molecule has 0 aromatic heterocycles. The number of nitrogens with one attached hydrogen (secondary N) is 1. The van der Waals surface area contributed by atoms with E-state index in [0.29, 0.717) is 6.61 Å². The number of amides is 1. The third-order valence-corrected chi connectivity index (χ3v) is 2.05. The third kappa shape index (κ3) is 4.55. The van der Waals surface area contributed by atoms with Gasteiger partial charge in [-0.05, 0) is 24.6 Å². The molecule has 0 aliphatic rings. The van der Waals surface area contributed by atoms with Gasteiger partial charge in [0.15, 0.2) is 0 Å². The molecule has 0 saturated heterocycles. The van der Waals surface area contributed by atoms with Crippen LogP contribution in [0.25, 0.3) is 0 Å². The summed E-state index contributed by atoms with van der Waals surface area (Å²) in [5.41, 5.74) is 4.29. The molecule has 1 rings (SSSR count). The van der Waals surface area contributed by atoms with Crippen LogP contribution in [0.4, 0.5) is 10.5 Å². The molecule has 0 heterocycles. The number of carbonyl (C=O) groups is 1. The number of nitrogens with zero attached hydrogens (tertiary/aromatic N) is 2. The number of hydrogen-bond donors (Lipinski definition) is 1.